The van der Waals surface area contributed by atoms with Crippen molar-refractivity contribution in [2.45, 2.75) is 26.8 Å². The molecule has 162 valence electrons. The van der Waals surface area contributed by atoms with E-state index in [-0.39, 0.29) is 12.7 Å². The molecule has 1 fully saturated rings. The topological polar surface area (TPSA) is 101 Å². The van der Waals surface area contributed by atoms with Crippen LogP contribution in [0.25, 0.3) is 0 Å². The second-order valence-electron chi connectivity index (χ2n) is 7.20. The van der Waals surface area contributed by atoms with Crippen LogP contribution in [-0.4, -0.2) is 73.1 Å². The van der Waals surface area contributed by atoms with Gasteiger partial charge in [0.05, 0.1) is 13.2 Å². The van der Waals surface area contributed by atoms with Crippen LogP contribution in [0.3, 0.4) is 0 Å². The van der Waals surface area contributed by atoms with Gasteiger partial charge in [-0.15, -0.1) is 0 Å². The first-order valence-electron chi connectivity index (χ1n) is 10.2. The lowest BCUT2D eigenvalue weighted by Crippen LogP contribution is -2.58. The first-order valence-corrected chi connectivity index (χ1v) is 10.2. The number of guanidine groups is 1. The van der Waals surface area contributed by atoms with E-state index >= 15 is 0 Å². The maximum atomic E-state index is 12.9. The molecule has 9 nitrogen and oxygen atoms in total. The van der Waals surface area contributed by atoms with E-state index in [1.54, 1.807) is 18.7 Å². The molecule has 1 aromatic carbocycles. The number of carbonyl (C=O) groups is 3. The summed E-state index contributed by atoms with van der Waals surface area (Å²) in [5, 5.41) is 2.76. The fraction of sp³-hybridized carbons (Fsp3) is 0.524. The summed E-state index contributed by atoms with van der Waals surface area (Å²) in [6, 6.07) is 6.95. The van der Waals surface area contributed by atoms with Gasteiger partial charge in [0.15, 0.2) is 5.92 Å². The van der Waals surface area contributed by atoms with Gasteiger partial charge in [-0.3, -0.25) is 14.9 Å². The number of hydrogen-bond donors (Lipinski definition) is 1. The van der Waals surface area contributed by atoms with Crippen LogP contribution >= 0.6 is 0 Å². The van der Waals surface area contributed by atoms with Gasteiger partial charge in [0.1, 0.15) is 6.04 Å². The highest BCUT2D eigenvalue weighted by Crippen LogP contribution is 2.31. The second kappa shape index (κ2) is 9.60. The summed E-state index contributed by atoms with van der Waals surface area (Å²) in [6.07, 6.45) is -0.341. The molecule has 3 rings (SSSR count). The SMILES string of the molecule is CCOC(=O)[C@@H]1C(=O)NC(N2CCN(C(=O)OCC)CC2)=N[C@@H]1c1ccc(C)cc1. The van der Waals surface area contributed by atoms with E-state index in [1.807, 2.05) is 36.1 Å². The molecule has 0 bridgehead atoms. The molecule has 0 spiro atoms. The molecule has 0 radical (unpaired) electrons. The predicted molar refractivity (Wildman–Crippen MR) is 110 cm³/mol. The Bertz CT molecular complexity index is 815. The minimum absolute atomic E-state index is 0.190. The van der Waals surface area contributed by atoms with Crippen LogP contribution in [0.2, 0.25) is 0 Å². The van der Waals surface area contributed by atoms with Crippen LogP contribution in [0, 0.1) is 12.8 Å². The Morgan fingerprint density at radius 3 is 2.30 bits per heavy atom. The number of amides is 2. The number of aliphatic imine (C=N–C) groups is 1. The van der Waals surface area contributed by atoms with Crippen molar-refractivity contribution >= 4 is 23.9 Å². The van der Waals surface area contributed by atoms with Crippen LogP contribution in [0.4, 0.5) is 4.79 Å². The average Bonchev–Trinajstić information content (AvgIpc) is 2.74. The Hall–Kier alpha value is -3.10. The number of piperazine rings is 1. The Morgan fingerprint density at radius 1 is 1.07 bits per heavy atom. The fourth-order valence-corrected chi connectivity index (χ4v) is 3.54. The molecule has 2 amide bonds. The summed E-state index contributed by atoms with van der Waals surface area (Å²) in [6.45, 7) is 7.89. The summed E-state index contributed by atoms with van der Waals surface area (Å²) < 4.78 is 10.2. The van der Waals surface area contributed by atoms with E-state index in [1.165, 1.54) is 0 Å². The lowest BCUT2D eigenvalue weighted by atomic mass is 9.91. The molecule has 0 aliphatic carbocycles. The number of esters is 1. The van der Waals surface area contributed by atoms with Gasteiger partial charge >= 0.3 is 12.1 Å². The molecular formula is C21H28N4O5. The van der Waals surface area contributed by atoms with E-state index in [2.05, 4.69) is 5.32 Å². The van der Waals surface area contributed by atoms with Crippen molar-refractivity contribution in [2.24, 2.45) is 10.9 Å². The quantitative estimate of drug-likeness (QED) is 0.589. The number of carbonyl (C=O) groups excluding carboxylic acids is 3. The van der Waals surface area contributed by atoms with Crippen molar-refractivity contribution < 1.29 is 23.9 Å². The van der Waals surface area contributed by atoms with E-state index in [0.717, 1.165) is 11.1 Å². The monoisotopic (exact) mass is 416 g/mol. The molecule has 1 saturated heterocycles. The van der Waals surface area contributed by atoms with Gasteiger partial charge < -0.3 is 19.3 Å². The van der Waals surface area contributed by atoms with Gasteiger partial charge in [-0.1, -0.05) is 29.8 Å². The van der Waals surface area contributed by atoms with E-state index in [9.17, 15) is 14.4 Å². The third-order valence-electron chi connectivity index (χ3n) is 5.16. The zero-order chi connectivity index (χ0) is 21.7. The highest BCUT2D eigenvalue weighted by Gasteiger charge is 2.42. The van der Waals surface area contributed by atoms with Crippen molar-refractivity contribution in [1.29, 1.82) is 0 Å². The Morgan fingerprint density at radius 2 is 1.70 bits per heavy atom. The van der Waals surface area contributed by atoms with Crippen molar-refractivity contribution in [3.05, 3.63) is 35.4 Å². The van der Waals surface area contributed by atoms with E-state index < -0.39 is 23.8 Å². The third kappa shape index (κ3) is 4.72. The van der Waals surface area contributed by atoms with E-state index in [0.29, 0.717) is 38.7 Å². The maximum absolute atomic E-state index is 12.9. The van der Waals surface area contributed by atoms with Gasteiger partial charge in [-0.25, -0.2) is 9.79 Å². The lowest BCUT2D eigenvalue weighted by molar-refractivity contribution is -0.153. The highest BCUT2D eigenvalue weighted by molar-refractivity contribution is 6.08. The van der Waals surface area contributed by atoms with Crippen LogP contribution in [0.15, 0.2) is 29.3 Å². The van der Waals surface area contributed by atoms with Gasteiger partial charge in [0.2, 0.25) is 11.9 Å². The number of ether oxygens (including phenoxy) is 2. The number of hydrogen-bond acceptors (Lipinski definition) is 7. The molecule has 0 aromatic heterocycles. The van der Waals surface area contributed by atoms with Crippen molar-refractivity contribution in [3.63, 3.8) is 0 Å². The summed E-state index contributed by atoms with van der Waals surface area (Å²) in [7, 11) is 0. The smallest absolute Gasteiger partial charge is 0.409 e. The molecule has 9 heteroatoms. The molecule has 2 aliphatic heterocycles. The molecule has 2 heterocycles. The Balaban J connectivity index is 1.82. The highest BCUT2D eigenvalue weighted by atomic mass is 16.6. The van der Waals surface area contributed by atoms with E-state index in [4.69, 9.17) is 14.5 Å². The predicted octanol–water partition coefficient (Wildman–Crippen LogP) is 1.48. The number of aryl methyl sites for hydroxylation is 1. The van der Waals surface area contributed by atoms with Crippen molar-refractivity contribution in [3.8, 4) is 0 Å². The minimum atomic E-state index is -1.04. The number of nitrogens with one attached hydrogen (secondary N) is 1. The summed E-state index contributed by atoms with van der Waals surface area (Å²) in [4.78, 5) is 45.5. The molecule has 0 saturated carbocycles. The Kier molecular flexibility index (Phi) is 6.91. The standard InChI is InChI=1S/C21H28N4O5/c1-4-29-19(27)16-17(15-8-6-14(3)7-9-15)22-20(23-18(16)26)24-10-12-25(13-11-24)21(28)30-5-2/h6-9,16-17H,4-5,10-13H2,1-3H3,(H,22,23,26)/t16-,17+/m0/s1. The zero-order valence-electron chi connectivity index (χ0n) is 17.6. The van der Waals surface area contributed by atoms with Crippen LogP contribution < -0.4 is 5.32 Å². The summed E-state index contributed by atoms with van der Waals surface area (Å²) in [5.41, 5.74) is 1.85. The molecular weight excluding hydrogens is 388 g/mol. The average molecular weight is 416 g/mol. The minimum Gasteiger partial charge on any atom is -0.465 e. The third-order valence-corrected chi connectivity index (χ3v) is 5.16. The molecule has 2 atom stereocenters. The first-order chi connectivity index (χ1) is 14.4. The summed E-state index contributed by atoms with van der Waals surface area (Å²) >= 11 is 0. The Labute approximate surface area is 176 Å². The molecule has 30 heavy (non-hydrogen) atoms. The van der Waals surface area contributed by atoms with Crippen molar-refractivity contribution in [2.75, 3.05) is 39.4 Å². The number of benzene rings is 1. The molecule has 1 aromatic rings. The van der Waals surface area contributed by atoms with Gasteiger partial charge in [-0.2, -0.15) is 0 Å². The lowest BCUT2D eigenvalue weighted by Gasteiger charge is -2.38. The zero-order valence-corrected chi connectivity index (χ0v) is 17.6. The van der Waals surface area contributed by atoms with Crippen LogP contribution in [0.1, 0.15) is 31.0 Å². The molecule has 1 N–H and O–H groups in total. The van der Waals surface area contributed by atoms with Gasteiger partial charge in [0.25, 0.3) is 0 Å². The molecule has 2 aliphatic rings. The number of nitrogens with zero attached hydrogens (tertiary/aromatic N) is 3. The van der Waals surface area contributed by atoms with Gasteiger partial charge in [-0.05, 0) is 26.3 Å². The molecule has 0 unspecified atom stereocenters. The van der Waals surface area contributed by atoms with Crippen molar-refractivity contribution in [1.82, 2.24) is 15.1 Å². The van der Waals surface area contributed by atoms with Crippen LogP contribution in [0.5, 0.6) is 0 Å². The number of rotatable bonds is 4. The van der Waals surface area contributed by atoms with Crippen LogP contribution in [-0.2, 0) is 19.1 Å². The fourth-order valence-electron chi connectivity index (χ4n) is 3.54. The largest absolute Gasteiger partial charge is 0.465 e. The second-order valence-corrected chi connectivity index (χ2v) is 7.20. The normalized spacial score (nSPS) is 21.6. The maximum Gasteiger partial charge on any atom is 0.409 e. The first kappa shape index (κ1) is 21.6. The van der Waals surface area contributed by atoms with Gasteiger partial charge in [0, 0.05) is 26.2 Å². The summed E-state index contributed by atoms with van der Waals surface area (Å²) in [5.74, 6) is -1.65.